The molecule has 0 bridgehead atoms. The van der Waals surface area contributed by atoms with E-state index < -0.39 is 5.97 Å². The van der Waals surface area contributed by atoms with E-state index in [2.05, 4.69) is 12.2 Å². The molecule has 1 heterocycles. The van der Waals surface area contributed by atoms with E-state index in [1.165, 1.54) is 0 Å². The number of fused-ring (bicyclic) bond motifs is 1. The summed E-state index contributed by atoms with van der Waals surface area (Å²) in [6, 6.07) is 6.60. The molecule has 0 aliphatic carbocycles. The molecule has 0 unspecified atom stereocenters. The van der Waals surface area contributed by atoms with Gasteiger partial charge in [-0.1, -0.05) is 37.8 Å². The smallest absolute Gasteiger partial charge is 0.374 e. The van der Waals surface area contributed by atoms with Crippen LogP contribution in [0.1, 0.15) is 43.2 Å². The monoisotopic (exact) mass is 337 g/mol. The van der Waals surface area contributed by atoms with E-state index >= 15 is 0 Å². The van der Waals surface area contributed by atoms with Crippen molar-refractivity contribution >= 4 is 34.4 Å². The number of unbranched alkanes of at least 4 members (excludes halogenated alkanes) is 3. The Bertz CT molecular complexity index is 680. The molecule has 1 N–H and O–H groups in total. The highest BCUT2D eigenvalue weighted by Gasteiger charge is 2.15. The number of halogens is 1. The van der Waals surface area contributed by atoms with Gasteiger partial charge >= 0.3 is 5.97 Å². The van der Waals surface area contributed by atoms with E-state index in [0.717, 1.165) is 25.7 Å². The van der Waals surface area contributed by atoms with Crippen LogP contribution in [-0.4, -0.2) is 25.0 Å². The molecule has 0 atom stereocenters. The minimum absolute atomic E-state index is 0.0537. The van der Waals surface area contributed by atoms with E-state index in [0.29, 0.717) is 22.5 Å². The Labute approximate surface area is 139 Å². The van der Waals surface area contributed by atoms with Gasteiger partial charge in [-0.05, 0) is 30.7 Å². The minimum atomic E-state index is -0.668. The summed E-state index contributed by atoms with van der Waals surface area (Å²) in [5.41, 5.74) is 0.543. The average Bonchev–Trinajstić information content (AvgIpc) is 2.95. The van der Waals surface area contributed by atoms with Gasteiger partial charge < -0.3 is 14.5 Å². The van der Waals surface area contributed by atoms with E-state index in [-0.39, 0.29) is 18.3 Å². The Morgan fingerprint density at radius 2 is 2.04 bits per heavy atom. The van der Waals surface area contributed by atoms with E-state index in [1.807, 2.05) is 0 Å². The molecule has 0 radical (unpaired) electrons. The average molecular weight is 338 g/mol. The fourth-order valence-electron chi connectivity index (χ4n) is 2.15. The van der Waals surface area contributed by atoms with Crippen LogP contribution < -0.4 is 5.32 Å². The number of hydrogen-bond acceptors (Lipinski definition) is 4. The van der Waals surface area contributed by atoms with E-state index in [9.17, 15) is 9.59 Å². The molecule has 0 spiro atoms. The highest BCUT2D eigenvalue weighted by Crippen LogP contribution is 2.23. The molecule has 2 aromatic rings. The molecule has 1 aromatic heterocycles. The summed E-state index contributed by atoms with van der Waals surface area (Å²) in [5, 5.41) is 3.99. The Kier molecular flexibility index (Phi) is 6.47. The molecule has 5 nitrogen and oxygen atoms in total. The van der Waals surface area contributed by atoms with Crippen molar-refractivity contribution in [3.8, 4) is 0 Å². The topological polar surface area (TPSA) is 68.5 Å². The Morgan fingerprint density at radius 1 is 1.22 bits per heavy atom. The fourth-order valence-corrected chi connectivity index (χ4v) is 2.33. The summed E-state index contributed by atoms with van der Waals surface area (Å²) in [6.45, 7) is 2.41. The number of hydrogen-bond donors (Lipinski definition) is 1. The summed E-state index contributed by atoms with van der Waals surface area (Å²) in [5.74, 6) is -0.925. The molecule has 0 fully saturated rings. The number of carbonyl (C=O) groups excluding carboxylic acids is 2. The zero-order chi connectivity index (χ0) is 16.7. The van der Waals surface area contributed by atoms with Crippen LogP contribution in [0.4, 0.5) is 0 Å². The maximum Gasteiger partial charge on any atom is 0.374 e. The molecule has 6 heteroatoms. The van der Waals surface area contributed by atoms with Gasteiger partial charge in [-0.25, -0.2) is 4.79 Å². The number of ether oxygens (including phenoxy) is 1. The molecule has 0 saturated heterocycles. The maximum absolute atomic E-state index is 11.9. The molecular weight excluding hydrogens is 318 g/mol. The lowest BCUT2D eigenvalue weighted by Gasteiger charge is -2.05. The first-order chi connectivity index (χ1) is 11.1. The summed E-state index contributed by atoms with van der Waals surface area (Å²) in [6.07, 6.45) is 4.31. The lowest BCUT2D eigenvalue weighted by atomic mass is 10.2. The normalized spacial score (nSPS) is 10.7. The number of furan rings is 1. The number of nitrogens with one attached hydrogen (secondary N) is 1. The third-order valence-corrected chi connectivity index (χ3v) is 3.60. The Balaban J connectivity index is 1.78. The molecule has 124 valence electrons. The van der Waals surface area contributed by atoms with Crippen LogP contribution in [0, 0.1) is 0 Å². The van der Waals surface area contributed by atoms with Crippen LogP contribution in [0.15, 0.2) is 28.7 Å². The Hall–Kier alpha value is -2.01. The first kappa shape index (κ1) is 17.3. The fraction of sp³-hybridized carbons (Fsp3) is 0.412. The second kappa shape index (κ2) is 8.58. The van der Waals surface area contributed by atoms with Crippen molar-refractivity contribution in [3.05, 3.63) is 35.0 Å². The number of amides is 1. The van der Waals surface area contributed by atoms with Gasteiger partial charge in [0.1, 0.15) is 5.58 Å². The highest BCUT2D eigenvalue weighted by molar-refractivity contribution is 6.31. The van der Waals surface area contributed by atoms with Crippen molar-refractivity contribution in [2.75, 3.05) is 13.2 Å². The standard InChI is InChI=1S/C17H20ClNO4/c1-2-3-4-5-8-19-16(20)11-22-17(21)15-10-12-9-13(18)6-7-14(12)23-15/h6-7,9-10H,2-5,8,11H2,1H3,(H,19,20). The lowest BCUT2D eigenvalue weighted by molar-refractivity contribution is -0.124. The van der Waals surface area contributed by atoms with Crippen LogP contribution in [-0.2, 0) is 9.53 Å². The summed E-state index contributed by atoms with van der Waals surface area (Å²) < 4.78 is 10.3. The molecule has 2 rings (SSSR count). The third kappa shape index (κ3) is 5.28. The first-order valence-electron chi connectivity index (χ1n) is 7.73. The van der Waals surface area contributed by atoms with Crippen LogP contribution in [0.3, 0.4) is 0 Å². The quantitative estimate of drug-likeness (QED) is 0.585. The number of esters is 1. The van der Waals surface area contributed by atoms with Crippen molar-refractivity contribution in [1.29, 1.82) is 0 Å². The van der Waals surface area contributed by atoms with Gasteiger partial charge in [0, 0.05) is 17.0 Å². The number of benzene rings is 1. The van der Waals surface area contributed by atoms with Crippen LogP contribution >= 0.6 is 11.6 Å². The number of rotatable bonds is 8. The zero-order valence-corrected chi connectivity index (χ0v) is 13.8. The van der Waals surface area contributed by atoms with E-state index in [1.54, 1.807) is 24.3 Å². The lowest BCUT2D eigenvalue weighted by Crippen LogP contribution is -2.29. The second-order valence-corrected chi connectivity index (χ2v) is 5.72. The van der Waals surface area contributed by atoms with Crippen molar-refractivity contribution in [3.63, 3.8) is 0 Å². The largest absolute Gasteiger partial charge is 0.450 e. The molecule has 23 heavy (non-hydrogen) atoms. The van der Waals surface area contributed by atoms with Crippen LogP contribution in [0.5, 0.6) is 0 Å². The first-order valence-corrected chi connectivity index (χ1v) is 8.11. The van der Waals surface area contributed by atoms with Gasteiger partial charge in [0.05, 0.1) is 0 Å². The van der Waals surface area contributed by atoms with Gasteiger partial charge in [-0.3, -0.25) is 4.79 Å². The van der Waals surface area contributed by atoms with Crippen molar-refractivity contribution in [2.24, 2.45) is 0 Å². The molecular formula is C17H20ClNO4. The second-order valence-electron chi connectivity index (χ2n) is 5.28. The zero-order valence-electron chi connectivity index (χ0n) is 13.1. The molecule has 0 aliphatic rings. The highest BCUT2D eigenvalue weighted by atomic mass is 35.5. The van der Waals surface area contributed by atoms with Gasteiger partial charge in [0.2, 0.25) is 5.76 Å². The predicted molar refractivity (Wildman–Crippen MR) is 88.7 cm³/mol. The molecule has 1 amide bonds. The SMILES string of the molecule is CCCCCCNC(=O)COC(=O)c1cc2cc(Cl)ccc2o1. The minimum Gasteiger partial charge on any atom is -0.450 e. The maximum atomic E-state index is 11.9. The van der Waals surface area contributed by atoms with Gasteiger partial charge in [0.25, 0.3) is 5.91 Å². The summed E-state index contributed by atoms with van der Waals surface area (Å²) in [4.78, 5) is 23.5. The predicted octanol–water partition coefficient (Wildman–Crippen LogP) is 3.94. The van der Waals surface area contributed by atoms with Crippen LogP contribution in [0.2, 0.25) is 5.02 Å². The Morgan fingerprint density at radius 3 is 2.83 bits per heavy atom. The molecule has 1 aromatic carbocycles. The van der Waals surface area contributed by atoms with Crippen molar-refractivity contribution < 1.29 is 18.7 Å². The van der Waals surface area contributed by atoms with Gasteiger partial charge in [0.15, 0.2) is 6.61 Å². The molecule has 0 aliphatic heterocycles. The summed E-state index contributed by atoms with van der Waals surface area (Å²) >= 11 is 5.88. The van der Waals surface area contributed by atoms with Crippen molar-refractivity contribution in [2.45, 2.75) is 32.6 Å². The molecule has 0 saturated carbocycles. The third-order valence-electron chi connectivity index (χ3n) is 3.37. The summed E-state index contributed by atoms with van der Waals surface area (Å²) in [7, 11) is 0. The van der Waals surface area contributed by atoms with Gasteiger partial charge in [-0.15, -0.1) is 0 Å². The van der Waals surface area contributed by atoms with Crippen molar-refractivity contribution in [1.82, 2.24) is 5.32 Å². The number of carbonyl (C=O) groups is 2. The van der Waals surface area contributed by atoms with Crippen LogP contribution in [0.25, 0.3) is 11.0 Å². The van der Waals surface area contributed by atoms with E-state index in [4.69, 9.17) is 20.8 Å². The van der Waals surface area contributed by atoms with Gasteiger partial charge in [-0.2, -0.15) is 0 Å².